The second-order valence-corrected chi connectivity index (χ2v) is 7.69. The van der Waals surface area contributed by atoms with Crippen molar-refractivity contribution in [2.24, 2.45) is 19.2 Å². The first kappa shape index (κ1) is 18.8. The molecule has 0 spiro atoms. The highest BCUT2D eigenvalue weighted by Crippen LogP contribution is 2.16. The van der Waals surface area contributed by atoms with E-state index in [0.717, 1.165) is 10.1 Å². The van der Waals surface area contributed by atoms with Gasteiger partial charge < -0.3 is 5.32 Å². The number of hydrogen-bond acceptors (Lipinski definition) is 6. The van der Waals surface area contributed by atoms with Gasteiger partial charge >= 0.3 is 5.69 Å². The largest absolute Gasteiger partial charge is 0.384 e. The number of anilines is 1. The fraction of sp³-hybridized carbons (Fsp3) is 0.235. The van der Waals surface area contributed by atoms with Crippen LogP contribution in [-0.4, -0.2) is 29.1 Å². The lowest BCUT2D eigenvalue weighted by atomic mass is 10.1. The van der Waals surface area contributed by atoms with E-state index >= 15 is 0 Å². The SMILES string of the molecule is Cn1c(=O)c2c(NCCc3ccc(S(N)(=O)=O)cc3)ccnc2n(C)c1=O. The molecule has 0 amide bonds. The van der Waals surface area contributed by atoms with Crippen LogP contribution in [0.15, 0.2) is 51.0 Å². The molecule has 9 nitrogen and oxygen atoms in total. The maximum absolute atomic E-state index is 12.5. The Balaban J connectivity index is 1.84. The number of benzene rings is 1. The predicted molar refractivity (Wildman–Crippen MR) is 102 cm³/mol. The van der Waals surface area contributed by atoms with E-state index in [1.807, 2.05) is 0 Å². The molecule has 2 aromatic heterocycles. The monoisotopic (exact) mass is 389 g/mol. The fourth-order valence-electron chi connectivity index (χ4n) is 2.82. The maximum Gasteiger partial charge on any atom is 0.332 e. The molecule has 142 valence electrons. The van der Waals surface area contributed by atoms with Gasteiger partial charge in [0.05, 0.1) is 10.6 Å². The summed E-state index contributed by atoms with van der Waals surface area (Å²) in [6.45, 7) is 0.500. The second kappa shape index (κ2) is 6.97. The Labute approximate surface area is 155 Å². The predicted octanol–water partition coefficient (Wildman–Crippen LogP) is -0.0658. The number of rotatable bonds is 5. The highest BCUT2D eigenvalue weighted by molar-refractivity contribution is 7.89. The number of aromatic nitrogens is 3. The van der Waals surface area contributed by atoms with Gasteiger partial charge in [-0.25, -0.2) is 23.3 Å². The van der Waals surface area contributed by atoms with Crippen LogP contribution in [0.2, 0.25) is 0 Å². The molecular weight excluding hydrogens is 370 g/mol. The van der Waals surface area contributed by atoms with Crippen LogP contribution < -0.4 is 21.7 Å². The molecule has 1 aromatic carbocycles. The normalized spacial score (nSPS) is 11.7. The molecule has 0 aliphatic heterocycles. The molecule has 0 aliphatic rings. The van der Waals surface area contributed by atoms with Crippen LogP contribution in [0.4, 0.5) is 5.69 Å². The molecule has 0 atom stereocenters. The van der Waals surface area contributed by atoms with Gasteiger partial charge in [0.1, 0.15) is 5.39 Å². The number of sulfonamides is 1. The number of nitrogens with zero attached hydrogens (tertiary/aromatic N) is 3. The van der Waals surface area contributed by atoms with Crippen LogP contribution in [-0.2, 0) is 30.5 Å². The number of aryl methyl sites for hydroxylation is 1. The van der Waals surface area contributed by atoms with Gasteiger partial charge in [-0.15, -0.1) is 0 Å². The van der Waals surface area contributed by atoms with Crippen molar-refractivity contribution in [2.45, 2.75) is 11.3 Å². The molecule has 27 heavy (non-hydrogen) atoms. The number of nitrogens with two attached hydrogens (primary N) is 1. The third-order valence-electron chi connectivity index (χ3n) is 4.32. The van der Waals surface area contributed by atoms with E-state index in [1.54, 1.807) is 25.2 Å². The molecule has 3 aromatic rings. The molecule has 0 fully saturated rings. The van der Waals surface area contributed by atoms with Crippen LogP contribution in [0.5, 0.6) is 0 Å². The molecule has 2 heterocycles. The summed E-state index contributed by atoms with van der Waals surface area (Å²) in [6.07, 6.45) is 2.13. The number of hydrogen-bond donors (Lipinski definition) is 2. The molecule has 3 rings (SSSR count). The van der Waals surface area contributed by atoms with Crippen molar-refractivity contribution in [2.75, 3.05) is 11.9 Å². The minimum Gasteiger partial charge on any atom is -0.384 e. The molecule has 0 saturated carbocycles. The second-order valence-electron chi connectivity index (χ2n) is 6.13. The molecule has 10 heteroatoms. The first-order valence-corrected chi connectivity index (χ1v) is 9.65. The van der Waals surface area contributed by atoms with Crippen LogP contribution in [0.1, 0.15) is 5.56 Å². The van der Waals surface area contributed by atoms with E-state index in [2.05, 4.69) is 10.3 Å². The number of nitrogens with one attached hydrogen (secondary N) is 1. The summed E-state index contributed by atoms with van der Waals surface area (Å²) in [5, 5.41) is 8.61. The van der Waals surface area contributed by atoms with Crippen molar-refractivity contribution in [3.8, 4) is 0 Å². The fourth-order valence-corrected chi connectivity index (χ4v) is 3.34. The van der Waals surface area contributed by atoms with Gasteiger partial charge in [0.2, 0.25) is 10.0 Å². The summed E-state index contributed by atoms with van der Waals surface area (Å²) in [6, 6.07) is 7.97. The molecule has 0 radical (unpaired) electrons. The molecule has 0 aliphatic carbocycles. The third-order valence-corrected chi connectivity index (χ3v) is 5.25. The van der Waals surface area contributed by atoms with Gasteiger partial charge in [0.25, 0.3) is 5.56 Å². The molecule has 0 saturated heterocycles. The van der Waals surface area contributed by atoms with Crippen molar-refractivity contribution >= 4 is 26.7 Å². The topological polar surface area (TPSA) is 129 Å². The molecule has 0 bridgehead atoms. The molecule has 0 unspecified atom stereocenters. The average Bonchev–Trinajstić information content (AvgIpc) is 2.64. The Morgan fingerprint density at radius 2 is 1.74 bits per heavy atom. The Morgan fingerprint density at radius 1 is 1.07 bits per heavy atom. The summed E-state index contributed by atoms with van der Waals surface area (Å²) in [4.78, 5) is 28.7. The van der Waals surface area contributed by atoms with Gasteiger partial charge in [-0.1, -0.05) is 12.1 Å². The Bertz CT molecular complexity index is 1230. The Morgan fingerprint density at radius 3 is 2.37 bits per heavy atom. The lowest BCUT2D eigenvalue weighted by molar-refractivity contribution is 0.598. The Hall–Kier alpha value is -2.98. The van der Waals surface area contributed by atoms with Gasteiger partial charge in [0, 0.05) is 26.8 Å². The van der Waals surface area contributed by atoms with E-state index in [1.165, 1.54) is 29.9 Å². The summed E-state index contributed by atoms with van der Waals surface area (Å²) >= 11 is 0. The van der Waals surface area contributed by atoms with Crippen LogP contribution in [0, 0.1) is 0 Å². The Kier molecular flexibility index (Phi) is 4.85. The highest BCUT2D eigenvalue weighted by atomic mass is 32.2. The molecular formula is C17H19N5O4S. The van der Waals surface area contributed by atoms with Gasteiger partial charge in [0.15, 0.2) is 5.65 Å². The zero-order valence-electron chi connectivity index (χ0n) is 14.8. The van der Waals surface area contributed by atoms with Crippen molar-refractivity contribution < 1.29 is 8.42 Å². The van der Waals surface area contributed by atoms with E-state index in [0.29, 0.717) is 29.7 Å². The number of fused-ring (bicyclic) bond motifs is 1. The number of primary sulfonamides is 1. The lowest BCUT2D eigenvalue weighted by Gasteiger charge is -2.12. The zero-order chi connectivity index (χ0) is 19.8. The average molecular weight is 389 g/mol. The van der Waals surface area contributed by atoms with Crippen LogP contribution in [0.3, 0.4) is 0 Å². The van der Waals surface area contributed by atoms with Crippen molar-refractivity contribution in [3.63, 3.8) is 0 Å². The summed E-state index contributed by atoms with van der Waals surface area (Å²) in [5.41, 5.74) is 0.949. The van der Waals surface area contributed by atoms with Gasteiger partial charge in [-0.2, -0.15) is 0 Å². The smallest absolute Gasteiger partial charge is 0.332 e. The first-order chi connectivity index (χ1) is 12.7. The van der Waals surface area contributed by atoms with Crippen molar-refractivity contribution in [1.29, 1.82) is 0 Å². The van der Waals surface area contributed by atoms with Crippen LogP contribution >= 0.6 is 0 Å². The first-order valence-electron chi connectivity index (χ1n) is 8.10. The van der Waals surface area contributed by atoms with Crippen molar-refractivity contribution in [1.82, 2.24) is 14.1 Å². The van der Waals surface area contributed by atoms with Crippen LogP contribution in [0.25, 0.3) is 11.0 Å². The highest BCUT2D eigenvalue weighted by Gasteiger charge is 2.13. The summed E-state index contributed by atoms with van der Waals surface area (Å²) in [5.74, 6) is 0. The minimum atomic E-state index is -3.71. The van der Waals surface area contributed by atoms with Gasteiger partial charge in [-0.05, 0) is 30.2 Å². The minimum absolute atomic E-state index is 0.0590. The van der Waals surface area contributed by atoms with Crippen molar-refractivity contribution in [3.05, 3.63) is 62.9 Å². The van der Waals surface area contributed by atoms with Gasteiger partial charge in [-0.3, -0.25) is 13.9 Å². The van der Waals surface area contributed by atoms with E-state index in [9.17, 15) is 18.0 Å². The maximum atomic E-state index is 12.5. The van der Waals surface area contributed by atoms with E-state index in [-0.39, 0.29) is 4.90 Å². The summed E-state index contributed by atoms with van der Waals surface area (Å²) < 4.78 is 24.9. The van der Waals surface area contributed by atoms with E-state index < -0.39 is 21.3 Å². The lowest BCUT2D eigenvalue weighted by Crippen LogP contribution is -2.37. The number of pyridine rings is 1. The quantitative estimate of drug-likeness (QED) is 0.629. The van der Waals surface area contributed by atoms with E-state index in [4.69, 9.17) is 5.14 Å². The standard InChI is InChI=1S/C17H19N5O4S/c1-21-15-14(16(23)22(2)17(21)24)13(8-10-20-15)19-9-7-11-3-5-12(6-4-11)27(18,25)26/h3-6,8,10H,7,9H2,1-2H3,(H,19,20)(H2,18,25,26). The summed E-state index contributed by atoms with van der Waals surface area (Å²) in [7, 11) is -0.723. The molecule has 3 N–H and O–H groups in total. The third kappa shape index (κ3) is 3.62. The zero-order valence-corrected chi connectivity index (χ0v) is 15.7.